The van der Waals surface area contributed by atoms with Gasteiger partial charge in [-0.25, -0.2) is 0 Å². The van der Waals surface area contributed by atoms with Crippen LogP contribution in [0, 0.1) is 11.3 Å². The van der Waals surface area contributed by atoms with Crippen molar-refractivity contribution in [2.45, 2.75) is 6.61 Å². The molecule has 0 unspecified atom stereocenters. The van der Waals surface area contributed by atoms with Gasteiger partial charge in [-0.2, -0.15) is 5.26 Å². The minimum Gasteiger partial charge on any atom is -0.489 e. The number of carbonyl (C=O) groups excluding carboxylic acids is 2. The second-order valence-electron chi connectivity index (χ2n) is 6.89. The van der Waals surface area contributed by atoms with E-state index in [9.17, 15) is 14.9 Å². The predicted octanol–water partition coefficient (Wildman–Crippen LogP) is 5.15. The van der Waals surface area contributed by atoms with Crippen LogP contribution in [0.1, 0.15) is 21.5 Å². The Labute approximate surface area is 195 Å². The van der Waals surface area contributed by atoms with Crippen LogP contribution < -0.4 is 10.1 Å². The Balaban J connectivity index is 1.63. The number of hydrogen-bond donors (Lipinski definition) is 1. The maximum atomic E-state index is 12.8. The first kappa shape index (κ1) is 23.1. The maximum Gasteiger partial charge on any atom is 0.254 e. The van der Waals surface area contributed by atoms with Crippen molar-refractivity contribution in [2.75, 3.05) is 18.9 Å². The molecule has 6 nitrogen and oxygen atoms in total. The van der Waals surface area contributed by atoms with Gasteiger partial charge in [0.15, 0.2) is 0 Å². The Morgan fingerprint density at radius 1 is 1.03 bits per heavy atom. The number of anilines is 1. The van der Waals surface area contributed by atoms with E-state index >= 15 is 0 Å². The minimum atomic E-state index is -0.434. The molecule has 2 amide bonds. The first-order valence-corrected chi connectivity index (χ1v) is 10.3. The number of ether oxygens (including phenoxy) is 1. The summed E-state index contributed by atoms with van der Waals surface area (Å²) in [5, 5.41) is 12.4. The lowest BCUT2D eigenvalue weighted by atomic mass is 10.1. The fourth-order valence-electron chi connectivity index (χ4n) is 2.94. The van der Waals surface area contributed by atoms with Crippen molar-refractivity contribution in [2.24, 2.45) is 0 Å². The third-order valence-electron chi connectivity index (χ3n) is 4.57. The fourth-order valence-corrected chi connectivity index (χ4v) is 3.43. The normalized spacial score (nSPS) is 10.2. The first-order valence-electron chi connectivity index (χ1n) is 9.59. The Hall–Kier alpha value is -3.53. The number of halogens is 2. The number of nitrogens with one attached hydrogen (secondary N) is 1. The van der Waals surface area contributed by atoms with Gasteiger partial charge in [0.05, 0.1) is 33.9 Å². The summed E-state index contributed by atoms with van der Waals surface area (Å²) in [6, 6.07) is 20.8. The molecule has 0 radical (unpaired) electrons. The van der Waals surface area contributed by atoms with Crippen molar-refractivity contribution < 1.29 is 14.3 Å². The van der Waals surface area contributed by atoms with Gasteiger partial charge in [0, 0.05) is 18.2 Å². The zero-order chi connectivity index (χ0) is 23.1. The number of nitriles is 1. The Kier molecular flexibility index (Phi) is 7.72. The summed E-state index contributed by atoms with van der Waals surface area (Å²) in [7, 11) is 1.52. The third kappa shape index (κ3) is 5.79. The molecule has 0 saturated heterocycles. The summed E-state index contributed by atoms with van der Waals surface area (Å²) in [6.07, 6.45) is 0. The summed E-state index contributed by atoms with van der Waals surface area (Å²) >= 11 is 12.1. The number of carbonyl (C=O) groups is 2. The molecule has 0 saturated carbocycles. The summed E-state index contributed by atoms with van der Waals surface area (Å²) in [6.45, 7) is -0.000762. The van der Waals surface area contributed by atoms with Gasteiger partial charge in [-0.1, -0.05) is 53.5 Å². The standard InChI is InChI=1S/C24H19Cl2N3O3/c1-29(14-22(30)28-23-20(25)10-5-11-21(23)26)24(31)16-8-4-9-19(12-16)32-15-18-7-3-2-6-17(18)13-27/h2-12H,14-15H2,1H3,(H,28,30). The highest BCUT2D eigenvalue weighted by Gasteiger charge is 2.17. The van der Waals surface area contributed by atoms with E-state index in [1.807, 2.05) is 12.1 Å². The van der Waals surface area contributed by atoms with E-state index in [-0.39, 0.29) is 19.1 Å². The van der Waals surface area contributed by atoms with E-state index in [0.29, 0.717) is 32.6 Å². The number of amides is 2. The van der Waals surface area contributed by atoms with Crippen LogP contribution in [0.2, 0.25) is 10.0 Å². The van der Waals surface area contributed by atoms with Crippen molar-refractivity contribution in [3.8, 4) is 11.8 Å². The molecule has 0 aliphatic heterocycles. The molecule has 3 aromatic carbocycles. The van der Waals surface area contributed by atoms with E-state index in [0.717, 1.165) is 5.56 Å². The van der Waals surface area contributed by atoms with Gasteiger partial charge in [-0.05, 0) is 36.4 Å². The van der Waals surface area contributed by atoms with Crippen LogP contribution in [0.25, 0.3) is 0 Å². The quantitative estimate of drug-likeness (QED) is 0.520. The van der Waals surface area contributed by atoms with Crippen molar-refractivity contribution in [3.63, 3.8) is 0 Å². The molecular weight excluding hydrogens is 449 g/mol. The monoisotopic (exact) mass is 467 g/mol. The minimum absolute atomic E-state index is 0.193. The molecule has 1 N–H and O–H groups in total. The summed E-state index contributed by atoms with van der Waals surface area (Å²) in [4.78, 5) is 26.4. The van der Waals surface area contributed by atoms with E-state index in [1.165, 1.54) is 11.9 Å². The molecule has 3 aromatic rings. The fraction of sp³-hybridized carbons (Fsp3) is 0.125. The molecule has 0 atom stereocenters. The highest BCUT2D eigenvalue weighted by atomic mass is 35.5. The zero-order valence-corrected chi connectivity index (χ0v) is 18.7. The lowest BCUT2D eigenvalue weighted by Crippen LogP contribution is -2.35. The molecule has 162 valence electrons. The van der Waals surface area contributed by atoms with Gasteiger partial charge in [-0.15, -0.1) is 0 Å². The molecule has 0 aliphatic rings. The van der Waals surface area contributed by atoms with Crippen molar-refractivity contribution in [1.29, 1.82) is 5.26 Å². The van der Waals surface area contributed by atoms with Gasteiger partial charge in [0.1, 0.15) is 12.4 Å². The summed E-state index contributed by atoms with van der Waals surface area (Å²) in [5.74, 6) is -0.311. The van der Waals surface area contributed by atoms with Crippen molar-refractivity contribution in [3.05, 3.63) is 93.5 Å². The second kappa shape index (κ2) is 10.7. The Morgan fingerprint density at radius 3 is 2.44 bits per heavy atom. The summed E-state index contributed by atoms with van der Waals surface area (Å²) < 4.78 is 5.76. The molecule has 8 heteroatoms. The molecule has 0 fully saturated rings. The Bertz CT molecular complexity index is 1170. The zero-order valence-electron chi connectivity index (χ0n) is 17.1. The van der Waals surface area contributed by atoms with Crippen molar-refractivity contribution in [1.82, 2.24) is 4.90 Å². The van der Waals surface area contributed by atoms with Crippen molar-refractivity contribution >= 4 is 40.7 Å². The van der Waals surface area contributed by atoms with E-state index in [1.54, 1.807) is 54.6 Å². The molecular formula is C24H19Cl2N3O3. The largest absolute Gasteiger partial charge is 0.489 e. The first-order chi connectivity index (χ1) is 15.4. The number of benzene rings is 3. The van der Waals surface area contributed by atoms with Gasteiger partial charge in [0.2, 0.25) is 5.91 Å². The number of rotatable bonds is 7. The van der Waals surface area contributed by atoms with Crippen LogP contribution in [-0.4, -0.2) is 30.3 Å². The van der Waals surface area contributed by atoms with E-state index in [4.69, 9.17) is 27.9 Å². The molecule has 3 rings (SSSR count). The van der Waals surface area contributed by atoms with Crippen LogP contribution in [0.4, 0.5) is 5.69 Å². The van der Waals surface area contributed by atoms with Gasteiger partial charge < -0.3 is 15.0 Å². The van der Waals surface area contributed by atoms with Gasteiger partial charge in [-0.3, -0.25) is 9.59 Å². The lowest BCUT2D eigenvalue weighted by molar-refractivity contribution is -0.116. The average molecular weight is 468 g/mol. The van der Waals surface area contributed by atoms with E-state index in [2.05, 4.69) is 11.4 Å². The average Bonchev–Trinajstić information content (AvgIpc) is 2.80. The number of nitrogens with zero attached hydrogens (tertiary/aromatic N) is 2. The highest BCUT2D eigenvalue weighted by molar-refractivity contribution is 6.39. The SMILES string of the molecule is CN(CC(=O)Nc1c(Cl)cccc1Cl)C(=O)c1cccc(OCc2ccccc2C#N)c1. The molecule has 0 aliphatic carbocycles. The molecule has 0 heterocycles. The number of likely N-dealkylation sites (N-methyl/N-ethyl adjacent to an activating group) is 1. The predicted molar refractivity (Wildman–Crippen MR) is 124 cm³/mol. The van der Waals surface area contributed by atoms with Gasteiger partial charge >= 0.3 is 0 Å². The van der Waals surface area contributed by atoms with Crippen LogP contribution in [-0.2, 0) is 11.4 Å². The number of hydrogen-bond acceptors (Lipinski definition) is 4. The van der Waals surface area contributed by atoms with E-state index < -0.39 is 5.91 Å². The van der Waals surface area contributed by atoms with Crippen LogP contribution in [0.3, 0.4) is 0 Å². The number of para-hydroxylation sites is 1. The van der Waals surface area contributed by atoms with Gasteiger partial charge in [0.25, 0.3) is 5.91 Å². The molecule has 0 spiro atoms. The molecule has 0 aromatic heterocycles. The Morgan fingerprint density at radius 2 is 1.72 bits per heavy atom. The maximum absolute atomic E-state index is 12.8. The van der Waals surface area contributed by atoms with Crippen LogP contribution >= 0.6 is 23.2 Å². The topological polar surface area (TPSA) is 82.4 Å². The van der Waals surface area contributed by atoms with Crippen LogP contribution in [0.15, 0.2) is 66.7 Å². The van der Waals surface area contributed by atoms with Crippen LogP contribution in [0.5, 0.6) is 5.75 Å². The third-order valence-corrected chi connectivity index (χ3v) is 5.20. The molecule has 0 bridgehead atoms. The second-order valence-corrected chi connectivity index (χ2v) is 7.71. The lowest BCUT2D eigenvalue weighted by Gasteiger charge is -2.18. The smallest absolute Gasteiger partial charge is 0.254 e. The summed E-state index contributed by atoms with van der Waals surface area (Å²) in [5.41, 5.74) is 1.94. The molecule has 32 heavy (non-hydrogen) atoms. The highest BCUT2D eigenvalue weighted by Crippen LogP contribution is 2.29.